The van der Waals surface area contributed by atoms with Crippen LogP contribution in [0.3, 0.4) is 0 Å². The van der Waals surface area contributed by atoms with Gasteiger partial charge in [0.25, 0.3) is 0 Å². The number of allylic oxidation sites excluding steroid dienone is 12. The zero-order valence-corrected chi connectivity index (χ0v) is 42.0. The van der Waals surface area contributed by atoms with Crippen molar-refractivity contribution in [1.82, 2.24) is 4.57 Å². The summed E-state index contributed by atoms with van der Waals surface area (Å²) >= 11 is 0. The van der Waals surface area contributed by atoms with Crippen LogP contribution in [-0.2, 0) is 5.41 Å². The van der Waals surface area contributed by atoms with Gasteiger partial charge in [-0.15, -0.1) is 6.58 Å². The van der Waals surface area contributed by atoms with Crippen molar-refractivity contribution in [2.24, 2.45) is 5.92 Å². The van der Waals surface area contributed by atoms with E-state index in [9.17, 15) is 0 Å². The Morgan fingerprint density at radius 1 is 0.662 bits per heavy atom. The van der Waals surface area contributed by atoms with Crippen molar-refractivity contribution in [3.8, 4) is 33.4 Å². The molecule has 0 aliphatic heterocycles. The van der Waals surface area contributed by atoms with Gasteiger partial charge in [-0.25, -0.2) is 0 Å². The van der Waals surface area contributed by atoms with E-state index in [1.165, 1.54) is 117 Å². The third-order valence-corrected chi connectivity index (χ3v) is 15.8. The van der Waals surface area contributed by atoms with E-state index >= 15 is 0 Å². The minimum Gasteiger partial charge on any atom is -0.313 e. The molecule has 1 heterocycles. The molecule has 3 atom stereocenters. The minimum atomic E-state index is -0.0105. The van der Waals surface area contributed by atoms with Gasteiger partial charge in [0.1, 0.15) is 0 Å². The highest BCUT2D eigenvalue weighted by Crippen LogP contribution is 2.52. The largest absolute Gasteiger partial charge is 0.313 e. The molecule has 348 valence electrons. The van der Waals surface area contributed by atoms with Gasteiger partial charge in [0.05, 0.1) is 11.0 Å². The van der Waals surface area contributed by atoms with E-state index < -0.39 is 0 Å². The molecule has 1 aromatic heterocycles. The molecule has 0 fully saturated rings. The predicted octanol–water partition coefficient (Wildman–Crippen LogP) is 19.3. The average molecular weight is 918 g/mol. The summed E-state index contributed by atoms with van der Waals surface area (Å²) in [6.45, 7) is 24.2. The number of aromatic nitrogens is 1. The van der Waals surface area contributed by atoms with Crippen LogP contribution in [0.1, 0.15) is 110 Å². The van der Waals surface area contributed by atoms with Crippen LogP contribution in [-0.4, -0.2) is 4.57 Å². The van der Waals surface area contributed by atoms with Crippen molar-refractivity contribution < 1.29 is 0 Å². The molecule has 4 aliphatic rings. The fourth-order valence-corrected chi connectivity index (χ4v) is 12.3. The molecule has 0 saturated carbocycles. The summed E-state index contributed by atoms with van der Waals surface area (Å²) in [6.07, 6.45) is 23.1. The van der Waals surface area contributed by atoms with Crippen LogP contribution < -0.4 is 0 Å². The van der Waals surface area contributed by atoms with Gasteiger partial charge in [0.15, 0.2) is 0 Å². The highest BCUT2D eigenvalue weighted by Gasteiger charge is 2.36. The summed E-state index contributed by atoms with van der Waals surface area (Å²) < 4.78 is 2.46. The van der Waals surface area contributed by atoms with E-state index in [-0.39, 0.29) is 5.41 Å². The van der Waals surface area contributed by atoms with Gasteiger partial charge in [-0.3, -0.25) is 0 Å². The maximum Gasteiger partial charge on any atom is 0.0538 e. The SMILES string of the molecule is C=C(C)CC1c2ccccc2-c2cc(-c3ccc4c(c3)c3ccccc3n4C3=CC=CCC3)ccc21.C=Cc1cccc(/C(C)=C/C(=C)c2cccc3c2-c2ccccc2C3(C)C)c1C1C=CC=CC1C. The minimum absolute atomic E-state index is 0.0105. The Labute approximate surface area is 421 Å². The van der Waals surface area contributed by atoms with E-state index in [4.69, 9.17) is 0 Å². The second kappa shape index (κ2) is 18.5. The first-order chi connectivity index (χ1) is 34.5. The molecule has 0 spiro atoms. The molecule has 0 radical (unpaired) electrons. The van der Waals surface area contributed by atoms with Crippen LogP contribution in [0.15, 0.2) is 220 Å². The van der Waals surface area contributed by atoms with Crippen LogP contribution >= 0.6 is 0 Å². The molecule has 8 aromatic rings. The van der Waals surface area contributed by atoms with Crippen molar-refractivity contribution in [2.75, 3.05) is 0 Å². The van der Waals surface area contributed by atoms with Crippen molar-refractivity contribution in [1.29, 1.82) is 0 Å². The topological polar surface area (TPSA) is 4.93 Å². The normalized spacial score (nSPS) is 18.0. The Balaban J connectivity index is 0.000000154. The first-order valence-corrected chi connectivity index (χ1v) is 25.5. The fraction of sp³-hybridized carbons (Fsp3) is 0.171. The molecule has 0 saturated heterocycles. The average Bonchev–Trinajstić information content (AvgIpc) is 3.98. The van der Waals surface area contributed by atoms with E-state index in [2.05, 4.69) is 253 Å². The van der Waals surface area contributed by atoms with Crippen LogP contribution in [0.5, 0.6) is 0 Å². The molecule has 3 unspecified atom stereocenters. The van der Waals surface area contributed by atoms with Gasteiger partial charge < -0.3 is 4.57 Å². The van der Waals surface area contributed by atoms with Crippen LogP contribution in [0.25, 0.3) is 78.1 Å². The number of benzene rings is 7. The quantitative estimate of drug-likeness (QED) is 0.100. The molecular weight excluding hydrogens is 855 g/mol. The maximum absolute atomic E-state index is 4.57. The first-order valence-electron chi connectivity index (χ1n) is 25.5. The zero-order valence-electron chi connectivity index (χ0n) is 42.0. The monoisotopic (exact) mass is 917 g/mol. The summed E-state index contributed by atoms with van der Waals surface area (Å²) in [5.41, 5.74) is 26.1. The summed E-state index contributed by atoms with van der Waals surface area (Å²) in [6, 6.07) is 53.8. The molecule has 12 rings (SSSR count). The zero-order chi connectivity index (χ0) is 49.0. The lowest BCUT2D eigenvalue weighted by molar-refractivity contribution is 0.633. The highest BCUT2D eigenvalue weighted by atomic mass is 15.0. The molecule has 7 aromatic carbocycles. The molecular formula is C70H63N. The summed E-state index contributed by atoms with van der Waals surface area (Å²) in [4.78, 5) is 0. The summed E-state index contributed by atoms with van der Waals surface area (Å²) in [5, 5.41) is 2.64. The van der Waals surface area contributed by atoms with Gasteiger partial charge in [0, 0.05) is 33.7 Å². The van der Waals surface area contributed by atoms with Gasteiger partial charge in [0.2, 0.25) is 0 Å². The standard InChI is InChI=1S/C35H29N.C35H34/c1-23(2)20-31-27-12-6-7-13-28(27)32-21-24(16-18-29(31)32)25-17-19-35-33(22-25)30-14-8-9-15-34(30)36(35)26-10-4-3-5-11-26;1-7-26-15-12-18-28(33(26)27-16-9-8-14-23(27)2)24(3)22-25(4)29-19-13-21-32-34(29)30-17-10-11-20-31(30)35(32,5)6/h3-4,6-10,12-19,21-22,31H,1,5,11,20H2,2H3;7-23,27H,1,4H2,2-3,5-6H3/b;24-22+. The Bertz CT molecular complexity index is 3640. The van der Waals surface area contributed by atoms with Crippen LogP contribution in [0.2, 0.25) is 0 Å². The molecule has 1 heteroatoms. The molecule has 71 heavy (non-hydrogen) atoms. The molecule has 0 bridgehead atoms. The van der Waals surface area contributed by atoms with Gasteiger partial charge in [-0.1, -0.05) is 209 Å². The summed E-state index contributed by atoms with van der Waals surface area (Å²) in [7, 11) is 0. The fourth-order valence-electron chi connectivity index (χ4n) is 12.3. The van der Waals surface area contributed by atoms with Crippen molar-refractivity contribution in [2.45, 2.75) is 71.1 Å². The lowest BCUT2D eigenvalue weighted by Crippen LogP contribution is -2.14. The van der Waals surface area contributed by atoms with Gasteiger partial charge in [-0.2, -0.15) is 0 Å². The molecule has 1 nitrogen and oxygen atoms in total. The number of rotatable bonds is 9. The number of nitrogens with zero attached hydrogens (tertiary/aromatic N) is 1. The lowest BCUT2D eigenvalue weighted by Gasteiger charge is -2.26. The molecule has 4 aliphatic carbocycles. The number of fused-ring (bicyclic) bond motifs is 9. The second-order valence-electron chi connectivity index (χ2n) is 20.7. The Morgan fingerprint density at radius 3 is 2.15 bits per heavy atom. The lowest BCUT2D eigenvalue weighted by atomic mass is 9.78. The maximum atomic E-state index is 4.57. The number of para-hydroxylation sites is 1. The van der Waals surface area contributed by atoms with Gasteiger partial charge >= 0.3 is 0 Å². The third-order valence-electron chi connectivity index (χ3n) is 15.8. The van der Waals surface area contributed by atoms with E-state index in [1.54, 1.807) is 0 Å². The predicted molar refractivity (Wildman–Crippen MR) is 308 cm³/mol. The first kappa shape index (κ1) is 45.7. The van der Waals surface area contributed by atoms with E-state index in [0.717, 1.165) is 24.8 Å². The molecule has 0 N–H and O–H groups in total. The Morgan fingerprint density at radius 2 is 1.35 bits per heavy atom. The Kier molecular flexibility index (Phi) is 11.9. The number of hydrogen-bond acceptors (Lipinski definition) is 0. The van der Waals surface area contributed by atoms with Crippen LogP contribution in [0.4, 0.5) is 0 Å². The van der Waals surface area contributed by atoms with E-state index in [1.807, 2.05) is 6.08 Å². The Hall–Kier alpha value is -7.74. The van der Waals surface area contributed by atoms with Crippen molar-refractivity contribution in [3.05, 3.63) is 264 Å². The van der Waals surface area contributed by atoms with E-state index in [0.29, 0.717) is 17.8 Å². The third kappa shape index (κ3) is 7.99. The van der Waals surface area contributed by atoms with Crippen LogP contribution in [0, 0.1) is 5.92 Å². The van der Waals surface area contributed by atoms with Crippen molar-refractivity contribution >= 4 is 44.7 Å². The van der Waals surface area contributed by atoms with Crippen molar-refractivity contribution in [3.63, 3.8) is 0 Å². The second-order valence-corrected chi connectivity index (χ2v) is 20.7. The van der Waals surface area contributed by atoms with Gasteiger partial charge in [-0.05, 0) is 158 Å². The highest BCUT2D eigenvalue weighted by molar-refractivity contribution is 6.11. The molecule has 0 amide bonds. The summed E-state index contributed by atoms with van der Waals surface area (Å²) in [5.74, 6) is 1.17. The number of hydrogen-bond donors (Lipinski definition) is 0. The smallest absolute Gasteiger partial charge is 0.0538 e.